The van der Waals surface area contributed by atoms with Crippen molar-refractivity contribution >= 4 is 6.03 Å². The maximum Gasteiger partial charge on any atom is 0.433 e. The fourth-order valence-electron chi connectivity index (χ4n) is 2.75. The Balaban J connectivity index is 1.79. The number of nitrogens with zero attached hydrogens (tertiary/aromatic N) is 2. The predicted octanol–water partition coefficient (Wildman–Crippen LogP) is -0.493. The minimum absolute atomic E-state index is 0.0311. The number of quaternary nitrogens is 1. The summed E-state index contributed by atoms with van der Waals surface area (Å²) in [5.41, 5.74) is 5.69. The van der Waals surface area contributed by atoms with Crippen LogP contribution in [-0.4, -0.2) is 52.7 Å². The molecule has 2 saturated heterocycles. The second-order valence-corrected chi connectivity index (χ2v) is 4.67. The molecule has 4 rings (SSSR count). The summed E-state index contributed by atoms with van der Waals surface area (Å²) >= 11 is 0. The molecule has 4 heterocycles. The van der Waals surface area contributed by atoms with E-state index in [1.54, 1.807) is 4.90 Å². The van der Waals surface area contributed by atoms with Gasteiger partial charge in [-0.25, -0.2) is 4.79 Å². The van der Waals surface area contributed by atoms with Crippen molar-refractivity contribution < 1.29 is 19.1 Å². The van der Waals surface area contributed by atoms with E-state index in [1.165, 1.54) is 0 Å². The third-order valence-corrected chi connectivity index (χ3v) is 3.78. The van der Waals surface area contributed by atoms with E-state index in [4.69, 9.17) is 15.6 Å². The van der Waals surface area contributed by atoms with Gasteiger partial charge in [0.05, 0.1) is 12.7 Å². The average Bonchev–Trinajstić information content (AvgIpc) is 2.77. The van der Waals surface area contributed by atoms with Gasteiger partial charge in [-0.05, 0) is 6.42 Å². The van der Waals surface area contributed by atoms with Crippen LogP contribution in [0.15, 0.2) is 11.9 Å². The Hall–Kier alpha value is -1.11. The number of urea groups is 1. The minimum atomic E-state index is -0.109. The van der Waals surface area contributed by atoms with Crippen molar-refractivity contribution in [1.82, 2.24) is 4.90 Å². The molecule has 0 aliphatic carbocycles. The van der Waals surface area contributed by atoms with E-state index in [2.05, 4.69) is 0 Å². The fraction of sp³-hybridized carbons (Fsp3) is 0.700. The first-order valence-electron chi connectivity index (χ1n) is 5.58. The Labute approximate surface area is 93.5 Å². The molecule has 4 aliphatic rings. The van der Waals surface area contributed by atoms with Gasteiger partial charge in [-0.3, -0.25) is 0 Å². The van der Waals surface area contributed by atoms with Crippen LogP contribution in [0.1, 0.15) is 12.8 Å². The smallest absolute Gasteiger partial charge is 0.394 e. The Bertz CT molecular complexity index is 370. The van der Waals surface area contributed by atoms with Gasteiger partial charge in [-0.1, -0.05) is 0 Å². The zero-order valence-electron chi connectivity index (χ0n) is 9.00. The van der Waals surface area contributed by atoms with Crippen molar-refractivity contribution in [2.75, 3.05) is 19.8 Å². The maximum atomic E-state index is 12.0. The molecule has 4 aliphatic heterocycles. The van der Waals surface area contributed by atoms with Gasteiger partial charge < -0.3 is 15.6 Å². The van der Waals surface area contributed by atoms with Crippen molar-refractivity contribution in [3.63, 3.8) is 0 Å². The number of nitrogens with two attached hydrogens (primary N) is 1. The highest BCUT2D eigenvalue weighted by molar-refractivity contribution is 5.74. The number of fused-ring (bicyclic) bond motifs is 1. The molecule has 0 aromatic carbocycles. The second kappa shape index (κ2) is 3.19. The van der Waals surface area contributed by atoms with Crippen molar-refractivity contribution in [1.29, 1.82) is 0 Å². The monoisotopic (exact) mass is 226 g/mol. The van der Waals surface area contributed by atoms with E-state index in [-0.39, 0.29) is 25.0 Å². The lowest BCUT2D eigenvalue weighted by molar-refractivity contribution is -0.938. The minimum Gasteiger partial charge on any atom is -0.394 e. The molecule has 88 valence electrons. The first-order chi connectivity index (χ1) is 7.67. The van der Waals surface area contributed by atoms with Gasteiger partial charge in [0.2, 0.25) is 6.23 Å². The van der Waals surface area contributed by atoms with Crippen molar-refractivity contribution in [3.8, 4) is 0 Å². The standard InChI is InChI=1S/C10H16N3O3/c11-8-3-4-13(6-12(8)10(13)15)9-2-1-7(5-14)16-9/h3,7,9,14H,1-2,4-6,11H2/q+1. The lowest BCUT2D eigenvalue weighted by Crippen LogP contribution is -2.78. The molecule has 2 fully saturated rings. The van der Waals surface area contributed by atoms with E-state index >= 15 is 0 Å². The summed E-state index contributed by atoms with van der Waals surface area (Å²) in [4.78, 5) is 13.6. The molecular formula is C10H16N3O3+. The quantitative estimate of drug-likeness (QED) is 0.623. The zero-order valence-corrected chi connectivity index (χ0v) is 9.00. The molecule has 2 bridgehead atoms. The molecule has 16 heavy (non-hydrogen) atoms. The van der Waals surface area contributed by atoms with E-state index < -0.39 is 0 Å². The number of carbonyl (C=O) groups is 1. The molecular weight excluding hydrogens is 210 g/mol. The Morgan fingerprint density at radius 3 is 3.00 bits per heavy atom. The number of hydrogen-bond donors (Lipinski definition) is 2. The summed E-state index contributed by atoms with van der Waals surface area (Å²) < 4.78 is 6.03. The van der Waals surface area contributed by atoms with Gasteiger partial charge in [0, 0.05) is 12.5 Å². The molecule has 3 atom stereocenters. The van der Waals surface area contributed by atoms with Crippen LogP contribution >= 0.6 is 0 Å². The van der Waals surface area contributed by atoms with Gasteiger partial charge in [0.15, 0.2) is 6.67 Å². The largest absolute Gasteiger partial charge is 0.433 e. The molecule has 0 aromatic heterocycles. The fourth-order valence-corrected chi connectivity index (χ4v) is 2.75. The lowest BCUT2D eigenvalue weighted by atomic mass is 10.1. The highest BCUT2D eigenvalue weighted by Gasteiger charge is 2.62. The normalized spacial score (nSPS) is 41.9. The Morgan fingerprint density at radius 2 is 2.44 bits per heavy atom. The molecule has 0 saturated carbocycles. The van der Waals surface area contributed by atoms with Crippen LogP contribution < -0.4 is 5.73 Å². The molecule has 3 unspecified atom stereocenters. The van der Waals surface area contributed by atoms with Gasteiger partial charge in [0.25, 0.3) is 0 Å². The number of hydrogen-bond acceptors (Lipinski definition) is 4. The molecule has 0 spiro atoms. The van der Waals surface area contributed by atoms with E-state index in [0.29, 0.717) is 23.5 Å². The van der Waals surface area contributed by atoms with Crippen LogP contribution in [-0.2, 0) is 4.74 Å². The SMILES string of the molecule is NC1=CC[N+]2(C3CCC(CO)O3)CN1C2=O. The average molecular weight is 226 g/mol. The van der Waals surface area contributed by atoms with Crippen molar-refractivity contribution in [3.05, 3.63) is 11.9 Å². The van der Waals surface area contributed by atoms with Crippen LogP contribution in [0, 0.1) is 0 Å². The summed E-state index contributed by atoms with van der Waals surface area (Å²) in [5.74, 6) is 0.557. The maximum absolute atomic E-state index is 12.0. The molecule has 0 radical (unpaired) electrons. The summed E-state index contributed by atoms with van der Waals surface area (Å²) in [6.07, 6.45) is 3.32. The third kappa shape index (κ3) is 1.09. The highest BCUT2D eigenvalue weighted by atomic mass is 16.5. The first kappa shape index (κ1) is 10.1. The second-order valence-electron chi connectivity index (χ2n) is 4.67. The van der Waals surface area contributed by atoms with Crippen LogP contribution in [0.5, 0.6) is 0 Å². The molecule has 6 heteroatoms. The molecule has 2 amide bonds. The summed E-state index contributed by atoms with van der Waals surface area (Å²) in [6, 6.07) is 0.0311. The van der Waals surface area contributed by atoms with E-state index in [0.717, 1.165) is 12.8 Å². The number of amides is 2. The number of aliphatic hydroxyl groups excluding tert-OH is 1. The number of rotatable bonds is 2. The summed E-state index contributed by atoms with van der Waals surface area (Å²) in [7, 11) is 0. The summed E-state index contributed by atoms with van der Waals surface area (Å²) in [6.45, 7) is 1.26. The van der Waals surface area contributed by atoms with Gasteiger partial charge >= 0.3 is 6.03 Å². The number of carbonyl (C=O) groups excluding carboxylic acids is 1. The molecule has 3 N–H and O–H groups in total. The topological polar surface area (TPSA) is 75.8 Å². The van der Waals surface area contributed by atoms with Crippen LogP contribution in [0.25, 0.3) is 0 Å². The van der Waals surface area contributed by atoms with Crippen LogP contribution in [0.2, 0.25) is 0 Å². The lowest BCUT2D eigenvalue weighted by Gasteiger charge is -2.53. The van der Waals surface area contributed by atoms with Crippen LogP contribution in [0.4, 0.5) is 4.79 Å². The number of aliphatic hydroxyl groups is 1. The molecule has 0 aromatic rings. The Morgan fingerprint density at radius 1 is 1.62 bits per heavy atom. The summed E-state index contributed by atoms with van der Waals surface area (Å²) in [5, 5.41) is 9.03. The number of ether oxygens (including phenoxy) is 1. The third-order valence-electron chi connectivity index (χ3n) is 3.78. The van der Waals surface area contributed by atoms with E-state index in [1.807, 2.05) is 6.08 Å². The van der Waals surface area contributed by atoms with Crippen molar-refractivity contribution in [2.24, 2.45) is 5.73 Å². The van der Waals surface area contributed by atoms with E-state index in [9.17, 15) is 4.79 Å². The zero-order chi connectivity index (χ0) is 11.3. The van der Waals surface area contributed by atoms with Crippen molar-refractivity contribution in [2.45, 2.75) is 25.2 Å². The molecule has 6 nitrogen and oxygen atoms in total. The van der Waals surface area contributed by atoms with Crippen LogP contribution in [0.3, 0.4) is 0 Å². The Kier molecular flexibility index (Phi) is 2.01. The first-order valence-corrected chi connectivity index (χ1v) is 5.58. The van der Waals surface area contributed by atoms with Gasteiger partial charge in [-0.15, -0.1) is 0 Å². The highest BCUT2D eigenvalue weighted by Crippen LogP contribution is 2.39. The van der Waals surface area contributed by atoms with Gasteiger partial charge in [-0.2, -0.15) is 9.38 Å². The predicted molar refractivity (Wildman–Crippen MR) is 54.5 cm³/mol. The van der Waals surface area contributed by atoms with Gasteiger partial charge in [0.1, 0.15) is 12.4 Å².